The largest absolute Gasteiger partial charge is 0.347 e. The van der Waals surface area contributed by atoms with E-state index in [1.165, 1.54) is 0 Å². The standard InChI is InChI=1S/C21H34O4/c1-6-7-8-9-10-11-12-13-14-15-17-18-19(25-21(4,5)24-18)20(23-17)22-16(2)3/h6,8-9,12-13,16-20H,1,7,10-11,14-15H2,2-5H3/b9-8+,13-12-/t17-,18-,19-,20-/m1/s1. The zero-order valence-corrected chi connectivity index (χ0v) is 16.1. The molecule has 0 aromatic carbocycles. The molecule has 2 aliphatic rings. The third-order valence-corrected chi connectivity index (χ3v) is 4.27. The highest BCUT2D eigenvalue weighted by atomic mass is 16.8. The van der Waals surface area contributed by atoms with Crippen molar-refractivity contribution in [2.45, 2.75) is 96.3 Å². The number of fused-ring (bicyclic) bond motifs is 1. The summed E-state index contributed by atoms with van der Waals surface area (Å²) in [6.45, 7) is 11.6. The Kier molecular flexibility index (Phi) is 7.88. The van der Waals surface area contributed by atoms with E-state index in [1.807, 2.05) is 33.8 Å². The van der Waals surface area contributed by atoms with E-state index < -0.39 is 5.79 Å². The average molecular weight is 350 g/mol. The van der Waals surface area contributed by atoms with Crippen LogP contribution >= 0.6 is 0 Å². The van der Waals surface area contributed by atoms with Gasteiger partial charge < -0.3 is 18.9 Å². The molecule has 0 aliphatic carbocycles. The molecule has 2 saturated heterocycles. The number of allylic oxidation sites excluding steroid dienone is 5. The van der Waals surface area contributed by atoms with Gasteiger partial charge in [-0.05, 0) is 59.8 Å². The van der Waals surface area contributed by atoms with Crippen molar-refractivity contribution in [3.05, 3.63) is 37.0 Å². The Bertz CT molecular complexity index is 467. The first-order valence-corrected chi connectivity index (χ1v) is 9.50. The van der Waals surface area contributed by atoms with Gasteiger partial charge in [0.15, 0.2) is 12.1 Å². The summed E-state index contributed by atoms with van der Waals surface area (Å²) < 4.78 is 24.0. The van der Waals surface area contributed by atoms with E-state index in [4.69, 9.17) is 18.9 Å². The van der Waals surface area contributed by atoms with Crippen LogP contribution in [0.1, 0.15) is 59.8 Å². The molecule has 0 N–H and O–H groups in total. The van der Waals surface area contributed by atoms with Crippen LogP contribution in [0.4, 0.5) is 0 Å². The fourth-order valence-electron chi connectivity index (χ4n) is 3.25. The van der Waals surface area contributed by atoms with E-state index >= 15 is 0 Å². The SMILES string of the molecule is C=CC/C=C/CC/C=C\CC[C@H]1O[C@@H](OC(C)C)[C@@H]2OC(C)(C)O[C@@H]21. The molecule has 2 fully saturated rings. The highest BCUT2D eigenvalue weighted by Crippen LogP contribution is 2.40. The summed E-state index contributed by atoms with van der Waals surface area (Å²) in [5.41, 5.74) is 0. The van der Waals surface area contributed by atoms with Crippen LogP contribution in [0.15, 0.2) is 37.0 Å². The van der Waals surface area contributed by atoms with Crippen molar-refractivity contribution in [1.29, 1.82) is 0 Å². The molecule has 2 aliphatic heterocycles. The minimum Gasteiger partial charge on any atom is -0.347 e. The van der Waals surface area contributed by atoms with E-state index in [2.05, 4.69) is 30.9 Å². The van der Waals surface area contributed by atoms with Crippen LogP contribution in [-0.4, -0.2) is 36.5 Å². The lowest BCUT2D eigenvalue weighted by molar-refractivity contribution is -0.241. The van der Waals surface area contributed by atoms with E-state index in [-0.39, 0.29) is 30.7 Å². The Morgan fingerprint density at radius 3 is 2.32 bits per heavy atom. The molecule has 0 aromatic heterocycles. The summed E-state index contributed by atoms with van der Waals surface area (Å²) in [6, 6.07) is 0. The van der Waals surface area contributed by atoms with Gasteiger partial charge in [0.05, 0.1) is 12.2 Å². The van der Waals surface area contributed by atoms with Gasteiger partial charge in [-0.25, -0.2) is 0 Å². The van der Waals surface area contributed by atoms with E-state index in [9.17, 15) is 0 Å². The molecule has 0 spiro atoms. The third-order valence-electron chi connectivity index (χ3n) is 4.27. The Labute approximate surface area is 152 Å². The maximum atomic E-state index is 6.08. The second kappa shape index (κ2) is 9.67. The number of rotatable bonds is 10. The Morgan fingerprint density at radius 2 is 1.64 bits per heavy atom. The molecule has 142 valence electrons. The van der Waals surface area contributed by atoms with E-state index in [0.717, 1.165) is 32.1 Å². The van der Waals surface area contributed by atoms with Crippen molar-refractivity contribution < 1.29 is 18.9 Å². The number of ether oxygens (including phenoxy) is 4. The summed E-state index contributed by atoms with van der Waals surface area (Å²) in [4.78, 5) is 0. The molecule has 4 atom stereocenters. The summed E-state index contributed by atoms with van der Waals surface area (Å²) in [5.74, 6) is -0.566. The minimum absolute atomic E-state index is 0.0210. The first kappa shape index (κ1) is 20.4. The molecule has 4 heteroatoms. The molecule has 2 rings (SSSR count). The van der Waals surface area contributed by atoms with Gasteiger partial charge >= 0.3 is 0 Å². The number of hydrogen-bond donors (Lipinski definition) is 0. The lowest BCUT2D eigenvalue weighted by atomic mass is 10.1. The van der Waals surface area contributed by atoms with Crippen LogP contribution in [0.3, 0.4) is 0 Å². The van der Waals surface area contributed by atoms with Gasteiger partial charge in [0, 0.05) is 0 Å². The predicted octanol–water partition coefficient (Wildman–Crippen LogP) is 4.91. The normalized spacial score (nSPS) is 31.4. The van der Waals surface area contributed by atoms with Gasteiger partial charge in [-0.15, -0.1) is 6.58 Å². The van der Waals surface area contributed by atoms with Crippen LogP contribution in [0.5, 0.6) is 0 Å². The molecule has 0 saturated carbocycles. The number of unbranched alkanes of at least 4 members (excludes halogenated alkanes) is 1. The summed E-state index contributed by atoms with van der Waals surface area (Å²) in [7, 11) is 0. The van der Waals surface area contributed by atoms with Crippen LogP contribution < -0.4 is 0 Å². The molecule has 4 nitrogen and oxygen atoms in total. The second-order valence-corrected chi connectivity index (χ2v) is 7.41. The van der Waals surface area contributed by atoms with Crippen LogP contribution in [0.25, 0.3) is 0 Å². The van der Waals surface area contributed by atoms with E-state index in [0.29, 0.717) is 0 Å². The van der Waals surface area contributed by atoms with Crippen molar-refractivity contribution in [3.63, 3.8) is 0 Å². The lowest BCUT2D eigenvalue weighted by Crippen LogP contribution is -2.33. The highest BCUT2D eigenvalue weighted by Gasteiger charge is 2.55. The number of hydrogen-bond acceptors (Lipinski definition) is 4. The predicted molar refractivity (Wildman–Crippen MR) is 100 cm³/mol. The molecular formula is C21H34O4. The average Bonchev–Trinajstić information content (AvgIpc) is 3.00. The molecule has 2 heterocycles. The topological polar surface area (TPSA) is 36.9 Å². The van der Waals surface area contributed by atoms with Crippen LogP contribution in [-0.2, 0) is 18.9 Å². The third kappa shape index (κ3) is 6.37. The van der Waals surface area contributed by atoms with Crippen LogP contribution in [0, 0.1) is 0 Å². The smallest absolute Gasteiger partial charge is 0.187 e. The van der Waals surface area contributed by atoms with Gasteiger partial charge in [-0.3, -0.25) is 0 Å². The molecule has 0 bridgehead atoms. The lowest BCUT2D eigenvalue weighted by Gasteiger charge is -2.25. The van der Waals surface area contributed by atoms with Crippen LogP contribution in [0.2, 0.25) is 0 Å². The quantitative estimate of drug-likeness (QED) is 0.414. The van der Waals surface area contributed by atoms with Crippen molar-refractivity contribution in [1.82, 2.24) is 0 Å². The summed E-state index contributed by atoms with van der Waals surface area (Å²) in [5, 5.41) is 0. The van der Waals surface area contributed by atoms with E-state index in [1.54, 1.807) is 0 Å². The van der Waals surface area contributed by atoms with Gasteiger partial charge in [-0.2, -0.15) is 0 Å². The van der Waals surface area contributed by atoms with Gasteiger partial charge in [0.2, 0.25) is 0 Å². The fraction of sp³-hybridized carbons (Fsp3) is 0.714. The van der Waals surface area contributed by atoms with Crippen molar-refractivity contribution in [2.24, 2.45) is 0 Å². The maximum absolute atomic E-state index is 6.08. The van der Waals surface area contributed by atoms with Crippen molar-refractivity contribution in [2.75, 3.05) is 0 Å². The Hall–Kier alpha value is -0.940. The second-order valence-electron chi connectivity index (χ2n) is 7.41. The zero-order chi connectivity index (χ0) is 18.3. The van der Waals surface area contributed by atoms with Crippen molar-refractivity contribution in [3.8, 4) is 0 Å². The molecule has 0 aromatic rings. The molecular weight excluding hydrogens is 316 g/mol. The van der Waals surface area contributed by atoms with Gasteiger partial charge in [0.1, 0.15) is 12.2 Å². The first-order chi connectivity index (χ1) is 11.9. The van der Waals surface area contributed by atoms with Gasteiger partial charge in [0.25, 0.3) is 0 Å². The minimum atomic E-state index is -0.566. The summed E-state index contributed by atoms with van der Waals surface area (Å²) >= 11 is 0. The highest BCUT2D eigenvalue weighted by molar-refractivity contribution is 4.97. The Morgan fingerprint density at radius 1 is 1.00 bits per heavy atom. The first-order valence-electron chi connectivity index (χ1n) is 9.50. The van der Waals surface area contributed by atoms with Gasteiger partial charge in [-0.1, -0.05) is 30.4 Å². The fourth-order valence-corrected chi connectivity index (χ4v) is 3.25. The molecule has 0 unspecified atom stereocenters. The monoisotopic (exact) mass is 350 g/mol. The Balaban J connectivity index is 1.76. The maximum Gasteiger partial charge on any atom is 0.187 e. The zero-order valence-electron chi connectivity index (χ0n) is 16.1. The molecule has 0 amide bonds. The van der Waals surface area contributed by atoms with Crippen molar-refractivity contribution >= 4 is 0 Å². The molecule has 25 heavy (non-hydrogen) atoms. The summed E-state index contributed by atoms with van der Waals surface area (Å²) in [6.07, 6.45) is 15.3. The molecule has 0 radical (unpaired) electrons.